The molecule has 0 aliphatic rings. The number of nitrogens with two attached hydrogens (primary N) is 1. The van der Waals surface area contributed by atoms with Gasteiger partial charge in [0, 0.05) is 0 Å². The molecule has 0 bridgehead atoms. The standard InChI is InChI=1S/C12H17BrFN/c1-8(2)10-6-9(4-3-5-15)7-11(13)12(10)14/h6-8H,3-5,15H2,1-2H3. The zero-order valence-corrected chi connectivity index (χ0v) is 10.8. The van der Waals surface area contributed by atoms with E-state index in [2.05, 4.69) is 15.9 Å². The van der Waals surface area contributed by atoms with Gasteiger partial charge in [-0.2, -0.15) is 0 Å². The molecule has 0 fully saturated rings. The highest BCUT2D eigenvalue weighted by atomic mass is 79.9. The van der Waals surface area contributed by atoms with Gasteiger partial charge < -0.3 is 5.73 Å². The maximum absolute atomic E-state index is 13.7. The van der Waals surface area contributed by atoms with E-state index < -0.39 is 0 Å². The Morgan fingerprint density at radius 2 is 2.07 bits per heavy atom. The quantitative estimate of drug-likeness (QED) is 0.891. The third-order valence-electron chi connectivity index (χ3n) is 2.41. The van der Waals surface area contributed by atoms with Crippen molar-refractivity contribution < 1.29 is 4.39 Å². The van der Waals surface area contributed by atoms with Gasteiger partial charge in [-0.1, -0.05) is 19.9 Å². The first-order valence-electron chi connectivity index (χ1n) is 5.24. The average molecular weight is 274 g/mol. The van der Waals surface area contributed by atoms with Gasteiger partial charge in [0.2, 0.25) is 0 Å². The van der Waals surface area contributed by atoms with Crippen LogP contribution in [0.4, 0.5) is 4.39 Å². The van der Waals surface area contributed by atoms with E-state index in [-0.39, 0.29) is 11.7 Å². The van der Waals surface area contributed by atoms with Gasteiger partial charge in [0.15, 0.2) is 0 Å². The second-order valence-electron chi connectivity index (χ2n) is 4.03. The molecule has 2 N–H and O–H groups in total. The van der Waals surface area contributed by atoms with Crippen molar-refractivity contribution >= 4 is 15.9 Å². The van der Waals surface area contributed by atoms with Crippen LogP contribution in [0.2, 0.25) is 0 Å². The predicted octanol–water partition coefficient (Wildman–Crippen LogP) is 3.60. The van der Waals surface area contributed by atoms with Gasteiger partial charge in [-0.3, -0.25) is 0 Å². The molecule has 0 radical (unpaired) electrons. The van der Waals surface area contributed by atoms with E-state index in [1.54, 1.807) is 0 Å². The summed E-state index contributed by atoms with van der Waals surface area (Å²) in [4.78, 5) is 0. The minimum Gasteiger partial charge on any atom is -0.330 e. The van der Waals surface area contributed by atoms with Crippen molar-refractivity contribution in [1.29, 1.82) is 0 Å². The Kier molecular flexibility index (Phi) is 4.74. The smallest absolute Gasteiger partial charge is 0.140 e. The Bertz CT molecular complexity index is 337. The van der Waals surface area contributed by atoms with E-state index in [0.29, 0.717) is 11.0 Å². The normalized spacial score (nSPS) is 11.1. The van der Waals surface area contributed by atoms with Crippen LogP contribution in [0.3, 0.4) is 0 Å². The van der Waals surface area contributed by atoms with Gasteiger partial charge in [0.05, 0.1) is 4.47 Å². The minimum absolute atomic E-state index is 0.138. The highest BCUT2D eigenvalue weighted by Crippen LogP contribution is 2.27. The molecule has 84 valence electrons. The molecule has 0 amide bonds. The molecule has 3 heteroatoms. The van der Waals surface area contributed by atoms with Crippen molar-refractivity contribution in [3.05, 3.63) is 33.5 Å². The summed E-state index contributed by atoms with van der Waals surface area (Å²) in [6.07, 6.45) is 1.85. The van der Waals surface area contributed by atoms with E-state index >= 15 is 0 Å². The van der Waals surface area contributed by atoms with E-state index in [0.717, 1.165) is 24.0 Å². The molecule has 0 saturated carbocycles. The first-order valence-corrected chi connectivity index (χ1v) is 6.03. The number of hydrogen-bond donors (Lipinski definition) is 1. The summed E-state index contributed by atoms with van der Waals surface area (Å²) in [5, 5.41) is 0. The van der Waals surface area contributed by atoms with Crippen LogP contribution in [-0.2, 0) is 6.42 Å². The molecule has 1 aromatic carbocycles. The van der Waals surface area contributed by atoms with Crippen molar-refractivity contribution in [2.24, 2.45) is 5.73 Å². The molecule has 0 unspecified atom stereocenters. The summed E-state index contributed by atoms with van der Waals surface area (Å²) in [6.45, 7) is 4.67. The molecule has 0 heterocycles. The number of benzene rings is 1. The number of rotatable bonds is 4. The molecule has 1 aromatic rings. The third-order valence-corrected chi connectivity index (χ3v) is 2.98. The summed E-state index contributed by atoms with van der Waals surface area (Å²) in [6, 6.07) is 3.79. The molecule has 1 nitrogen and oxygen atoms in total. The van der Waals surface area contributed by atoms with Crippen LogP contribution < -0.4 is 5.73 Å². The molecule has 0 spiro atoms. The first kappa shape index (κ1) is 12.7. The fraction of sp³-hybridized carbons (Fsp3) is 0.500. The highest BCUT2D eigenvalue weighted by Gasteiger charge is 2.11. The molecule has 15 heavy (non-hydrogen) atoms. The lowest BCUT2D eigenvalue weighted by atomic mass is 9.98. The first-order chi connectivity index (χ1) is 7.06. The zero-order valence-electron chi connectivity index (χ0n) is 9.19. The largest absolute Gasteiger partial charge is 0.330 e. The highest BCUT2D eigenvalue weighted by molar-refractivity contribution is 9.10. The van der Waals surface area contributed by atoms with Crippen LogP contribution >= 0.6 is 15.9 Å². The second-order valence-corrected chi connectivity index (χ2v) is 4.88. The second kappa shape index (κ2) is 5.61. The van der Waals surface area contributed by atoms with Crippen molar-refractivity contribution in [2.45, 2.75) is 32.6 Å². The van der Waals surface area contributed by atoms with E-state index in [9.17, 15) is 4.39 Å². The lowest BCUT2D eigenvalue weighted by molar-refractivity contribution is 0.590. The van der Waals surface area contributed by atoms with Crippen LogP contribution in [-0.4, -0.2) is 6.54 Å². The number of hydrogen-bond acceptors (Lipinski definition) is 1. The van der Waals surface area contributed by atoms with E-state index in [1.165, 1.54) is 0 Å². The topological polar surface area (TPSA) is 26.0 Å². The van der Waals surface area contributed by atoms with Gasteiger partial charge in [-0.05, 0) is 58.4 Å². The van der Waals surface area contributed by atoms with Crippen LogP contribution in [0, 0.1) is 5.82 Å². The Labute approximate surface area is 99.0 Å². The van der Waals surface area contributed by atoms with Gasteiger partial charge in [0.25, 0.3) is 0 Å². The third kappa shape index (κ3) is 3.28. The molecular formula is C12H17BrFN. The van der Waals surface area contributed by atoms with Crippen molar-refractivity contribution in [2.75, 3.05) is 6.54 Å². The minimum atomic E-state index is -0.138. The van der Waals surface area contributed by atoms with E-state index in [1.807, 2.05) is 26.0 Å². The predicted molar refractivity (Wildman–Crippen MR) is 65.6 cm³/mol. The summed E-state index contributed by atoms with van der Waals surface area (Å²) in [5.41, 5.74) is 7.38. The van der Waals surface area contributed by atoms with Crippen molar-refractivity contribution in [3.63, 3.8) is 0 Å². The SMILES string of the molecule is CC(C)c1cc(CCCN)cc(Br)c1F. The molecular weight excluding hydrogens is 257 g/mol. The summed E-state index contributed by atoms with van der Waals surface area (Å²) < 4.78 is 14.2. The number of halogens is 2. The van der Waals surface area contributed by atoms with Crippen LogP contribution in [0.5, 0.6) is 0 Å². The van der Waals surface area contributed by atoms with Crippen LogP contribution in [0.15, 0.2) is 16.6 Å². The van der Waals surface area contributed by atoms with E-state index in [4.69, 9.17) is 5.73 Å². The Morgan fingerprint density at radius 3 is 2.60 bits per heavy atom. The Morgan fingerprint density at radius 1 is 1.40 bits per heavy atom. The van der Waals surface area contributed by atoms with Gasteiger partial charge in [-0.15, -0.1) is 0 Å². The van der Waals surface area contributed by atoms with Crippen LogP contribution in [0.1, 0.15) is 37.3 Å². The fourth-order valence-electron chi connectivity index (χ4n) is 1.54. The van der Waals surface area contributed by atoms with Gasteiger partial charge in [0.1, 0.15) is 5.82 Å². The van der Waals surface area contributed by atoms with Crippen LogP contribution in [0.25, 0.3) is 0 Å². The number of aryl methyl sites for hydroxylation is 1. The average Bonchev–Trinajstić information content (AvgIpc) is 2.19. The summed E-state index contributed by atoms with van der Waals surface area (Å²) in [5.74, 6) is 0.0700. The molecule has 0 aliphatic heterocycles. The van der Waals surface area contributed by atoms with Crippen molar-refractivity contribution in [1.82, 2.24) is 0 Å². The summed E-state index contributed by atoms with van der Waals surface area (Å²) in [7, 11) is 0. The molecule has 0 atom stereocenters. The maximum atomic E-state index is 13.7. The molecule has 0 saturated heterocycles. The fourth-order valence-corrected chi connectivity index (χ4v) is 2.06. The van der Waals surface area contributed by atoms with Crippen molar-refractivity contribution in [3.8, 4) is 0 Å². The molecule has 0 aromatic heterocycles. The lowest BCUT2D eigenvalue weighted by Crippen LogP contribution is -2.02. The lowest BCUT2D eigenvalue weighted by Gasteiger charge is -2.11. The zero-order chi connectivity index (χ0) is 11.4. The summed E-state index contributed by atoms with van der Waals surface area (Å²) >= 11 is 3.25. The monoisotopic (exact) mass is 273 g/mol. The van der Waals surface area contributed by atoms with Gasteiger partial charge >= 0.3 is 0 Å². The van der Waals surface area contributed by atoms with Gasteiger partial charge in [-0.25, -0.2) is 4.39 Å². The molecule has 0 aliphatic carbocycles. The maximum Gasteiger partial charge on any atom is 0.140 e. The molecule has 1 rings (SSSR count). The Hall–Kier alpha value is -0.410. The Balaban J connectivity index is 3.00.